The van der Waals surface area contributed by atoms with Crippen LogP contribution in [-0.2, 0) is 11.8 Å². The van der Waals surface area contributed by atoms with Crippen LogP contribution in [0.1, 0.15) is 19.8 Å². The first-order chi connectivity index (χ1) is 8.59. The number of aryl methyl sites for hydroxylation is 1. The smallest absolute Gasteiger partial charge is 0.293 e. The predicted octanol–water partition coefficient (Wildman–Crippen LogP) is 0.203. The van der Waals surface area contributed by atoms with E-state index in [9.17, 15) is 9.59 Å². The van der Waals surface area contributed by atoms with E-state index in [1.165, 1.54) is 10.8 Å². The van der Waals surface area contributed by atoms with Crippen molar-refractivity contribution in [3.63, 3.8) is 0 Å². The average molecular weight is 250 g/mol. The van der Waals surface area contributed by atoms with Crippen molar-refractivity contribution >= 4 is 11.7 Å². The molecule has 2 rings (SSSR count). The minimum Gasteiger partial charge on any atom is -0.354 e. The Labute approximate surface area is 106 Å². The molecule has 1 aliphatic heterocycles. The summed E-state index contributed by atoms with van der Waals surface area (Å²) >= 11 is 0. The first kappa shape index (κ1) is 12.6. The van der Waals surface area contributed by atoms with Crippen LogP contribution in [0, 0.1) is 0 Å². The number of nitrogens with one attached hydrogen (secondary N) is 1. The monoisotopic (exact) mass is 250 g/mol. The molecule has 1 atom stereocenters. The number of anilines is 1. The van der Waals surface area contributed by atoms with Crippen molar-refractivity contribution in [2.45, 2.75) is 25.8 Å². The second-order valence-electron chi connectivity index (χ2n) is 4.59. The number of rotatable bonds is 3. The summed E-state index contributed by atoms with van der Waals surface area (Å²) in [4.78, 5) is 29.6. The fourth-order valence-corrected chi connectivity index (χ4v) is 2.08. The fraction of sp³-hybridized carbons (Fsp3) is 0.583. The number of likely N-dealkylation sites (tertiary alicyclic amines) is 1. The summed E-state index contributed by atoms with van der Waals surface area (Å²) in [5, 5.41) is 2.89. The van der Waals surface area contributed by atoms with E-state index < -0.39 is 6.04 Å². The van der Waals surface area contributed by atoms with Crippen molar-refractivity contribution < 1.29 is 4.79 Å². The van der Waals surface area contributed by atoms with Gasteiger partial charge in [-0.2, -0.15) is 0 Å². The molecule has 0 aromatic carbocycles. The summed E-state index contributed by atoms with van der Waals surface area (Å²) in [5.74, 6) is 0.250. The molecule has 1 amide bonds. The van der Waals surface area contributed by atoms with Gasteiger partial charge in [0, 0.05) is 32.5 Å². The van der Waals surface area contributed by atoms with Gasteiger partial charge in [-0.15, -0.1) is 0 Å². The fourth-order valence-electron chi connectivity index (χ4n) is 2.08. The second kappa shape index (κ2) is 5.20. The van der Waals surface area contributed by atoms with Gasteiger partial charge in [0.1, 0.15) is 6.04 Å². The Kier molecular flexibility index (Phi) is 3.64. The SMILES string of the molecule is CC(Nc1nccn(C)c1=O)C(=O)N1CCCC1. The summed E-state index contributed by atoms with van der Waals surface area (Å²) in [6.07, 6.45) is 5.24. The van der Waals surface area contributed by atoms with E-state index in [2.05, 4.69) is 10.3 Å². The van der Waals surface area contributed by atoms with Gasteiger partial charge in [0.25, 0.3) is 5.56 Å². The molecule has 0 radical (unpaired) electrons. The van der Waals surface area contributed by atoms with Gasteiger partial charge >= 0.3 is 0 Å². The number of hydrogen-bond donors (Lipinski definition) is 1. The van der Waals surface area contributed by atoms with Crippen LogP contribution >= 0.6 is 0 Å². The zero-order valence-electron chi connectivity index (χ0n) is 10.7. The molecule has 0 spiro atoms. The lowest BCUT2D eigenvalue weighted by Crippen LogP contribution is -2.41. The zero-order valence-corrected chi connectivity index (χ0v) is 10.7. The molecule has 1 unspecified atom stereocenters. The normalized spacial score (nSPS) is 16.7. The van der Waals surface area contributed by atoms with Gasteiger partial charge in [-0.25, -0.2) is 4.98 Å². The number of aromatic nitrogens is 2. The second-order valence-corrected chi connectivity index (χ2v) is 4.59. The van der Waals surface area contributed by atoms with E-state index >= 15 is 0 Å². The highest BCUT2D eigenvalue weighted by atomic mass is 16.2. The molecule has 0 aliphatic carbocycles. The molecule has 1 saturated heterocycles. The third-order valence-electron chi connectivity index (χ3n) is 3.16. The quantitative estimate of drug-likeness (QED) is 0.832. The first-order valence-electron chi connectivity index (χ1n) is 6.16. The van der Waals surface area contributed by atoms with E-state index in [-0.39, 0.29) is 17.3 Å². The Morgan fingerprint density at radius 3 is 2.78 bits per heavy atom. The summed E-state index contributed by atoms with van der Waals surface area (Å²) in [5.41, 5.74) is -0.224. The first-order valence-corrected chi connectivity index (χ1v) is 6.16. The average Bonchev–Trinajstić information content (AvgIpc) is 2.87. The molecule has 2 heterocycles. The molecule has 0 saturated carbocycles. The Bertz CT molecular complexity index is 491. The van der Waals surface area contributed by atoms with Crippen molar-refractivity contribution in [3.8, 4) is 0 Å². The number of carbonyl (C=O) groups excluding carboxylic acids is 1. The van der Waals surface area contributed by atoms with Crippen LogP contribution in [0.2, 0.25) is 0 Å². The highest BCUT2D eigenvalue weighted by Gasteiger charge is 2.23. The van der Waals surface area contributed by atoms with Crippen molar-refractivity contribution in [2.75, 3.05) is 18.4 Å². The third-order valence-corrected chi connectivity index (χ3v) is 3.16. The lowest BCUT2D eigenvalue weighted by Gasteiger charge is -2.21. The summed E-state index contributed by atoms with van der Waals surface area (Å²) in [7, 11) is 1.65. The van der Waals surface area contributed by atoms with Crippen molar-refractivity contribution in [2.24, 2.45) is 7.05 Å². The van der Waals surface area contributed by atoms with Crippen molar-refractivity contribution in [3.05, 3.63) is 22.7 Å². The Hall–Kier alpha value is -1.85. The van der Waals surface area contributed by atoms with Crippen molar-refractivity contribution in [1.29, 1.82) is 0 Å². The minimum absolute atomic E-state index is 0.0280. The molecule has 6 nitrogen and oxygen atoms in total. The van der Waals surface area contributed by atoms with E-state index in [1.807, 2.05) is 4.90 Å². The molecular weight excluding hydrogens is 232 g/mol. The molecule has 1 N–H and O–H groups in total. The highest BCUT2D eigenvalue weighted by molar-refractivity contribution is 5.84. The van der Waals surface area contributed by atoms with Gasteiger partial charge in [-0.1, -0.05) is 0 Å². The number of carbonyl (C=O) groups is 1. The van der Waals surface area contributed by atoms with E-state index in [0.29, 0.717) is 0 Å². The molecule has 6 heteroatoms. The maximum absolute atomic E-state index is 12.1. The van der Waals surface area contributed by atoms with Crippen LogP contribution in [0.25, 0.3) is 0 Å². The minimum atomic E-state index is -0.425. The molecule has 0 bridgehead atoms. The van der Waals surface area contributed by atoms with Gasteiger partial charge in [0.15, 0.2) is 5.82 Å². The van der Waals surface area contributed by atoms with Gasteiger partial charge in [-0.05, 0) is 19.8 Å². The number of hydrogen-bond acceptors (Lipinski definition) is 4. The van der Waals surface area contributed by atoms with Crippen LogP contribution in [0.15, 0.2) is 17.2 Å². The molecule has 1 aromatic heterocycles. The van der Waals surface area contributed by atoms with Gasteiger partial charge < -0.3 is 14.8 Å². The van der Waals surface area contributed by atoms with Crippen LogP contribution in [0.4, 0.5) is 5.82 Å². The van der Waals surface area contributed by atoms with Crippen LogP contribution < -0.4 is 10.9 Å². The number of nitrogens with zero attached hydrogens (tertiary/aromatic N) is 3. The van der Waals surface area contributed by atoms with Crippen LogP contribution in [0.5, 0.6) is 0 Å². The summed E-state index contributed by atoms with van der Waals surface area (Å²) in [6.45, 7) is 3.38. The number of amides is 1. The maximum Gasteiger partial charge on any atom is 0.293 e. The predicted molar refractivity (Wildman–Crippen MR) is 68.4 cm³/mol. The Morgan fingerprint density at radius 1 is 1.44 bits per heavy atom. The maximum atomic E-state index is 12.1. The lowest BCUT2D eigenvalue weighted by atomic mass is 10.3. The standard InChI is InChI=1S/C12H18N4O2/c1-9(11(17)16-6-3-4-7-16)14-10-12(18)15(2)8-5-13-10/h5,8-9H,3-4,6-7H2,1-2H3,(H,13,14). The third kappa shape index (κ3) is 2.52. The van der Waals surface area contributed by atoms with Gasteiger partial charge in [-0.3, -0.25) is 9.59 Å². The van der Waals surface area contributed by atoms with E-state index in [1.54, 1.807) is 20.2 Å². The van der Waals surface area contributed by atoms with E-state index in [0.717, 1.165) is 25.9 Å². The molecular formula is C12H18N4O2. The zero-order chi connectivity index (χ0) is 13.1. The molecule has 1 fully saturated rings. The topological polar surface area (TPSA) is 67.2 Å². The largest absolute Gasteiger partial charge is 0.354 e. The Balaban J connectivity index is 2.06. The highest BCUT2D eigenvalue weighted by Crippen LogP contribution is 2.10. The molecule has 1 aliphatic rings. The summed E-state index contributed by atoms with van der Waals surface area (Å²) < 4.78 is 1.43. The Morgan fingerprint density at radius 2 is 2.11 bits per heavy atom. The van der Waals surface area contributed by atoms with Gasteiger partial charge in [0.2, 0.25) is 5.91 Å². The van der Waals surface area contributed by atoms with Gasteiger partial charge in [0.05, 0.1) is 0 Å². The van der Waals surface area contributed by atoms with Crippen LogP contribution in [0.3, 0.4) is 0 Å². The molecule has 98 valence electrons. The van der Waals surface area contributed by atoms with Crippen molar-refractivity contribution in [1.82, 2.24) is 14.5 Å². The van der Waals surface area contributed by atoms with Crippen LogP contribution in [-0.4, -0.2) is 39.5 Å². The molecule has 1 aromatic rings. The summed E-state index contributed by atoms with van der Waals surface area (Å²) in [6, 6.07) is -0.425. The lowest BCUT2D eigenvalue weighted by molar-refractivity contribution is -0.130. The van der Waals surface area contributed by atoms with E-state index in [4.69, 9.17) is 0 Å². The molecule has 18 heavy (non-hydrogen) atoms.